The number of amides is 1. The van der Waals surface area contributed by atoms with Crippen LogP contribution in [0.25, 0.3) is 0 Å². The van der Waals surface area contributed by atoms with Crippen molar-refractivity contribution in [2.45, 2.75) is 13.3 Å². The fourth-order valence-electron chi connectivity index (χ4n) is 1.91. The summed E-state index contributed by atoms with van der Waals surface area (Å²) < 4.78 is 0. The van der Waals surface area contributed by atoms with Crippen LogP contribution in [0.4, 0.5) is 0 Å². The lowest BCUT2D eigenvalue weighted by atomic mass is 9.90. The van der Waals surface area contributed by atoms with E-state index >= 15 is 0 Å². The molecule has 0 unspecified atom stereocenters. The van der Waals surface area contributed by atoms with E-state index in [9.17, 15) is 4.79 Å². The van der Waals surface area contributed by atoms with Crippen LogP contribution in [0.5, 0.6) is 0 Å². The second-order valence-electron chi connectivity index (χ2n) is 4.51. The number of carbonyl (C=O) groups excluding carboxylic acids is 1. The second kappa shape index (κ2) is 5.03. The molecule has 4 heteroatoms. The first kappa shape index (κ1) is 11.9. The lowest BCUT2D eigenvalue weighted by Crippen LogP contribution is -2.38. The van der Waals surface area contributed by atoms with Crippen LogP contribution in [-0.2, 0) is 4.79 Å². The van der Waals surface area contributed by atoms with Crippen molar-refractivity contribution in [3.8, 4) is 0 Å². The van der Waals surface area contributed by atoms with E-state index in [1.54, 1.807) is 11.8 Å². The van der Waals surface area contributed by atoms with Gasteiger partial charge in [0, 0.05) is 13.1 Å². The minimum absolute atomic E-state index is 0.160. The molecule has 14 heavy (non-hydrogen) atoms. The molecule has 0 spiro atoms. The first-order chi connectivity index (χ1) is 6.56. The highest BCUT2D eigenvalue weighted by atomic mass is 32.2. The summed E-state index contributed by atoms with van der Waals surface area (Å²) in [5, 5.41) is 3.00. The monoisotopic (exact) mass is 216 g/mol. The van der Waals surface area contributed by atoms with Crippen LogP contribution >= 0.6 is 11.8 Å². The number of thioether (sulfide) groups is 1. The van der Waals surface area contributed by atoms with E-state index in [2.05, 4.69) is 24.2 Å². The molecule has 82 valence electrons. The van der Waals surface area contributed by atoms with Gasteiger partial charge in [-0.1, -0.05) is 6.92 Å². The topological polar surface area (TPSA) is 32.3 Å². The van der Waals surface area contributed by atoms with E-state index in [1.807, 2.05) is 6.26 Å². The molecule has 0 radical (unpaired) electrons. The van der Waals surface area contributed by atoms with Crippen molar-refractivity contribution in [2.75, 3.05) is 38.7 Å². The standard InChI is InChI=1S/C10H20N2OS/c1-10(4-5-12(2)8-10)7-11-9(13)6-14-3/h4-8H2,1-3H3,(H,11,13)/t10-/m1/s1. The molecule has 1 saturated heterocycles. The molecular formula is C10H20N2OS. The van der Waals surface area contributed by atoms with Gasteiger partial charge in [-0.05, 0) is 31.7 Å². The maximum absolute atomic E-state index is 11.3. The Balaban J connectivity index is 2.27. The van der Waals surface area contributed by atoms with Crippen LogP contribution in [0, 0.1) is 5.41 Å². The van der Waals surface area contributed by atoms with Gasteiger partial charge in [0.05, 0.1) is 5.75 Å². The van der Waals surface area contributed by atoms with E-state index in [4.69, 9.17) is 0 Å². The zero-order chi connectivity index (χ0) is 10.6. The van der Waals surface area contributed by atoms with Crippen molar-refractivity contribution >= 4 is 17.7 Å². The van der Waals surface area contributed by atoms with Crippen molar-refractivity contribution in [2.24, 2.45) is 5.41 Å². The molecule has 1 fully saturated rings. The Morgan fingerprint density at radius 2 is 2.36 bits per heavy atom. The average Bonchev–Trinajstić information content (AvgIpc) is 2.45. The molecule has 1 heterocycles. The Bertz CT molecular complexity index is 210. The highest BCUT2D eigenvalue weighted by molar-refractivity contribution is 7.99. The SMILES string of the molecule is CSCC(=O)NC[C@@]1(C)CCN(C)C1. The van der Waals surface area contributed by atoms with Gasteiger partial charge < -0.3 is 10.2 Å². The van der Waals surface area contributed by atoms with E-state index in [0.29, 0.717) is 5.75 Å². The zero-order valence-electron chi connectivity index (χ0n) is 9.30. The third-order valence-electron chi connectivity index (χ3n) is 2.74. The van der Waals surface area contributed by atoms with Crippen molar-refractivity contribution in [1.29, 1.82) is 0 Å². The van der Waals surface area contributed by atoms with Gasteiger partial charge in [0.15, 0.2) is 0 Å². The molecule has 1 rings (SSSR count). The lowest BCUT2D eigenvalue weighted by molar-refractivity contribution is -0.119. The largest absolute Gasteiger partial charge is 0.355 e. The summed E-state index contributed by atoms with van der Waals surface area (Å²) in [4.78, 5) is 13.6. The van der Waals surface area contributed by atoms with E-state index in [1.165, 1.54) is 6.42 Å². The highest BCUT2D eigenvalue weighted by Crippen LogP contribution is 2.27. The summed E-state index contributed by atoms with van der Waals surface area (Å²) in [5.74, 6) is 0.736. The third-order valence-corrected chi connectivity index (χ3v) is 3.29. The minimum atomic E-state index is 0.160. The summed E-state index contributed by atoms with van der Waals surface area (Å²) >= 11 is 1.57. The molecule has 0 bridgehead atoms. The molecule has 1 N–H and O–H groups in total. The van der Waals surface area contributed by atoms with Gasteiger partial charge >= 0.3 is 0 Å². The maximum atomic E-state index is 11.3. The van der Waals surface area contributed by atoms with Crippen LogP contribution in [0.2, 0.25) is 0 Å². The smallest absolute Gasteiger partial charge is 0.230 e. The van der Waals surface area contributed by atoms with Crippen molar-refractivity contribution in [3.63, 3.8) is 0 Å². The number of carbonyl (C=O) groups is 1. The van der Waals surface area contributed by atoms with Gasteiger partial charge in [-0.25, -0.2) is 0 Å². The molecule has 0 aromatic heterocycles. The molecule has 1 aliphatic rings. The Hall–Kier alpha value is -0.220. The molecule has 1 amide bonds. The fraction of sp³-hybridized carbons (Fsp3) is 0.900. The van der Waals surface area contributed by atoms with Crippen LogP contribution in [-0.4, -0.2) is 49.5 Å². The Morgan fingerprint density at radius 3 is 2.86 bits per heavy atom. The number of rotatable bonds is 4. The Morgan fingerprint density at radius 1 is 1.64 bits per heavy atom. The van der Waals surface area contributed by atoms with Crippen molar-refractivity contribution < 1.29 is 4.79 Å². The number of likely N-dealkylation sites (tertiary alicyclic amines) is 1. The summed E-state index contributed by atoms with van der Waals surface area (Å²) in [6.07, 6.45) is 3.13. The molecule has 1 atom stereocenters. The Kier molecular flexibility index (Phi) is 4.26. The fourth-order valence-corrected chi connectivity index (χ4v) is 2.27. The Labute approximate surface area is 90.6 Å². The number of hydrogen-bond acceptors (Lipinski definition) is 3. The highest BCUT2D eigenvalue weighted by Gasteiger charge is 2.31. The molecule has 0 aromatic carbocycles. The average molecular weight is 216 g/mol. The van der Waals surface area contributed by atoms with E-state index in [-0.39, 0.29) is 11.3 Å². The van der Waals surface area contributed by atoms with Crippen molar-refractivity contribution in [3.05, 3.63) is 0 Å². The molecular weight excluding hydrogens is 196 g/mol. The van der Waals surface area contributed by atoms with Gasteiger partial charge in [0.1, 0.15) is 0 Å². The quantitative estimate of drug-likeness (QED) is 0.755. The predicted molar refractivity (Wildman–Crippen MR) is 61.6 cm³/mol. The number of hydrogen-bond donors (Lipinski definition) is 1. The van der Waals surface area contributed by atoms with E-state index in [0.717, 1.165) is 19.6 Å². The molecule has 3 nitrogen and oxygen atoms in total. The lowest BCUT2D eigenvalue weighted by Gasteiger charge is -2.23. The van der Waals surface area contributed by atoms with Crippen LogP contribution in [0.3, 0.4) is 0 Å². The maximum Gasteiger partial charge on any atom is 0.230 e. The third kappa shape index (κ3) is 3.50. The molecule has 0 saturated carbocycles. The van der Waals surface area contributed by atoms with Crippen LogP contribution in [0.1, 0.15) is 13.3 Å². The number of nitrogens with one attached hydrogen (secondary N) is 1. The van der Waals surface area contributed by atoms with Gasteiger partial charge in [0.25, 0.3) is 0 Å². The van der Waals surface area contributed by atoms with Gasteiger partial charge in [-0.3, -0.25) is 4.79 Å². The van der Waals surface area contributed by atoms with Crippen LogP contribution in [0.15, 0.2) is 0 Å². The normalized spacial score (nSPS) is 27.9. The van der Waals surface area contributed by atoms with Crippen LogP contribution < -0.4 is 5.32 Å². The van der Waals surface area contributed by atoms with Gasteiger partial charge in [-0.2, -0.15) is 11.8 Å². The first-order valence-corrected chi connectivity index (χ1v) is 6.39. The molecule has 0 aliphatic carbocycles. The van der Waals surface area contributed by atoms with E-state index < -0.39 is 0 Å². The van der Waals surface area contributed by atoms with Gasteiger partial charge in [-0.15, -0.1) is 0 Å². The predicted octanol–water partition coefficient (Wildman–Crippen LogP) is 0.807. The van der Waals surface area contributed by atoms with Crippen molar-refractivity contribution in [1.82, 2.24) is 10.2 Å². The summed E-state index contributed by atoms with van der Waals surface area (Å²) in [5.41, 5.74) is 0.281. The second-order valence-corrected chi connectivity index (χ2v) is 5.37. The first-order valence-electron chi connectivity index (χ1n) is 5.00. The number of nitrogens with zero attached hydrogens (tertiary/aromatic N) is 1. The summed E-state index contributed by atoms with van der Waals surface area (Å²) in [7, 11) is 2.13. The summed E-state index contributed by atoms with van der Waals surface area (Å²) in [6.45, 7) is 5.30. The summed E-state index contributed by atoms with van der Waals surface area (Å²) in [6, 6.07) is 0. The minimum Gasteiger partial charge on any atom is -0.355 e. The van der Waals surface area contributed by atoms with Gasteiger partial charge in [0.2, 0.25) is 5.91 Å². The zero-order valence-corrected chi connectivity index (χ0v) is 10.1. The molecule has 0 aromatic rings. The molecule has 1 aliphatic heterocycles.